The van der Waals surface area contributed by atoms with Crippen LogP contribution < -0.4 is 27.0 Å². The summed E-state index contributed by atoms with van der Waals surface area (Å²) in [6.07, 6.45) is 11.6. The Morgan fingerprint density at radius 2 is 1.89 bits per heavy atom. The van der Waals surface area contributed by atoms with Crippen molar-refractivity contribution in [3.05, 3.63) is 48.4 Å². The average molecular weight is 491 g/mol. The highest BCUT2D eigenvalue weighted by Gasteiger charge is 2.37. The Morgan fingerprint density at radius 3 is 2.67 bits per heavy atom. The molecule has 2 fully saturated rings. The molecule has 6 N–H and O–H groups in total. The molecular formula is C26H34N8O2. The Kier molecular flexibility index (Phi) is 6.77. The van der Waals surface area contributed by atoms with Gasteiger partial charge < -0.3 is 31.4 Å². The van der Waals surface area contributed by atoms with Gasteiger partial charge in [0, 0.05) is 41.8 Å². The van der Waals surface area contributed by atoms with Crippen molar-refractivity contribution in [1.82, 2.24) is 20.3 Å². The van der Waals surface area contributed by atoms with E-state index in [1.807, 2.05) is 6.07 Å². The zero-order valence-electron chi connectivity index (χ0n) is 20.6. The minimum atomic E-state index is -0.469. The molecule has 190 valence electrons. The number of amides is 1. The summed E-state index contributed by atoms with van der Waals surface area (Å²) in [5.41, 5.74) is 12.9. The van der Waals surface area contributed by atoms with Gasteiger partial charge in [-0.2, -0.15) is 0 Å². The van der Waals surface area contributed by atoms with Crippen LogP contribution in [0.4, 0.5) is 17.7 Å². The van der Waals surface area contributed by atoms with E-state index in [1.165, 1.54) is 6.42 Å². The van der Waals surface area contributed by atoms with Crippen LogP contribution in [0.25, 0.3) is 11.3 Å². The van der Waals surface area contributed by atoms with Gasteiger partial charge in [0.25, 0.3) is 6.01 Å². The molecule has 2 aliphatic rings. The Hall–Kier alpha value is -3.66. The van der Waals surface area contributed by atoms with Crippen molar-refractivity contribution in [1.29, 1.82) is 0 Å². The second-order valence-corrected chi connectivity index (χ2v) is 10.2. The molecule has 1 aliphatic heterocycles. The molecular weight excluding hydrogens is 456 g/mol. The number of nitrogen functional groups attached to an aromatic ring is 1. The molecule has 5 rings (SSSR count). The van der Waals surface area contributed by atoms with E-state index in [9.17, 15) is 4.79 Å². The largest absolute Gasteiger partial charge is 0.424 e. The number of nitrogens with one attached hydrogen (secondary N) is 2. The third-order valence-corrected chi connectivity index (χ3v) is 7.18. The number of rotatable bonds is 7. The van der Waals surface area contributed by atoms with E-state index in [-0.39, 0.29) is 17.6 Å². The number of carbonyl (C=O) groups is 1. The van der Waals surface area contributed by atoms with Gasteiger partial charge in [0.05, 0.1) is 24.3 Å². The van der Waals surface area contributed by atoms with Crippen molar-refractivity contribution < 1.29 is 9.21 Å². The average Bonchev–Trinajstić information content (AvgIpc) is 3.34. The van der Waals surface area contributed by atoms with Crippen LogP contribution in [0.5, 0.6) is 0 Å². The molecule has 1 aromatic carbocycles. The second kappa shape index (κ2) is 10.1. The smallest absolute Gasteiger partial charge is 0.295 e. The third kappa shape index (κ3) is 5.43. The Bertz CT molecular complexity index is 1200. The number of hydrogen-bond donors (Lipinski definition) is 4. The van der Waals surface area contributed by atoms with Crippen LogP contribution in [0.3, 0.4) is 0 Å². The standard InChI is InChI=1S/C26H34N8O2/c1-26(10-5-11-34(16-26)24-29-13-19(27)14-30-24)33-21-9-3-2-8-20(21)32-25-31-15-22(36-25)17-6-4-7-18(12-17)23(28)35/h4,6-7,12-15,20-21,33H,2-3,5,8-11,16,27H2,1H3,(H2,28,35)(H,31,32)/t20-,21-,26+/m1/s1. The maximum atomic E-state index is 11.5. The molecule has 1 amide bonds. The Labute approximate surface area is 210 Å². The molecule has 1 saturated heterocycles. The minimum Gasteiger partial charge on any atom is -0.424 e. The van der Waals surface area contributed by atoms with Crippen molar-refractivity contribution in [2.75, 3.05) is 29.0 Å². The molecule has 0 bridgehead atoms. The summed E-state index contributed by atoms with van der Waals surface area (Å²) in [5.74, 6) is 0.853. The normalized spacial score (nSPS) is 24.4. The summed E-state index contributed by atoms with van der Waals surface area (Å²) < 4.78 is 6.02. The number of carbonyl (C=O) groups excluding carboxylic acids is 1. The molecule has 2 aromatic heterocycles. The molecule has 1 aliphatic carbocycles. The summed E-state index contributed by atoms with van der Waals surface area (Å²) in [7, 11) is 0. The highest BCUT2D eigenvalue weighted by atomic mass is 16.4. The van der Waals surface area contributed by atoms with Crippen molar-refractivity contribution in [3.8, 4) is 11.3 Å². The Morgan fingerprint density at radius 1 is 1.11 bits per heavy atom. The molecule has 1 saturated carbocycles. The van der Waals surface area contributed by atoms with Gasteiger partial charge in [-0.25, -0.2) is 15.0 Å². The van der Waals surface area contributed by atoms with E-state index in [0.717, 1.165) is 56.7 Å². The van der Waals surface area contributed by atoms with E-state index < -0.39 is 5.91 Å². The summed E-state index contributed by atoms with van der Waals surface area (Å²) >= 11 is 0. The summed E-state index contributed by atoms with van der Waals surface area (Å²) in [4.78, 5) is 27.1. The van der Waals surface area contributed by atoms with Gasteiger partial charge in [0.1, 0.15) is 0 Å². The summed E-state index contributed by atoms with van der Waals surface area (Å²) in [6, 6.07) is 8.03. The van der Waals surface area contributed by atoms with E-state index in [4.69, 9.17) is 15.9 Å². The maximum Gasteiger partial charge on any atom is 0.295 e. The number of oxazole rings is 1. The first kappa shape index (κ1) is 24.1. The first-order valence-corrected chi connectivity index (χ1v) is 12.6. The number of piperidine rings is 1. The van der Waals surface area contributed by atoms with Crippen LogP contribution in [-0.4, -0.2) is 51.6 Å². The quantitative estimate of drug-likeness (QED) is 0.392. The minimum absolute atomic E-state index is 0.0676. The SMILES string of the molecule is C[C@]1(N[C@@H]2CCCC[C@H]2Nc2ncc(-c3cccc(C(N)=O)c3)o2)CCCN(c2ncc(N)cn2)C1. The lowest BCUT2D eigenvalue weighted by Gasteiger charge is -2.45. The van der Waals surface area contributed by atoms with E-state index in [2.05, 4.69) is 37.4 Å². The monoisotopic (exact) mass is 490 g/mol. The van der Waals surface area contributed by atoms with Gasteiger partial charge in [0.15, 0.2) is 5.76 Å². The number of nitrogens with two attached hydrogens (primary N) is 2. The number of hydrogen-bond acceptors (Lipinski definition) is 9. The molecule has 0 radical (unpaired) electrons. The van der Waals surface area contributed by atoms with E-state index >= 15 is 0 Å². The molecule has 10 heteroatoms. The number of primary amides is 1. The lowest BCUT2D eigenvalue weighted by Crippen LogP contribution is -2.61. The highest BCUT2D eigenvalue weighted by molar-refractivity contribution is 5.93. The number of anilines is 3. The molecule has 3 heterocycles. The molecule has 3 aromatic rings. The van der Waals surface area contributed by atoms with E-state index in [1.54, 1.807) is 36.8 Å². The predicted molar refractivity (Wildman–Crippen MR) is 140 cm³/mol. The van der Waals surface area contributed by atoms with Crippen molar-refractivity contribution >= 4 is 23.6 Å². The lowest BCUT2D eigenvalue weighted by molar-refractivity contribution is 0.100. The lowest BCUT2D eigenvalue weighted by atomic mass is 9.85. The topological polar surface area (TPSA) is 148 Å². The van der Waals surface area contributed by atoms with Crippen LogP contribution in [0.15, 0.2) is 47.3 Å². The zero-order valence-corrected chi connectivity index (χ0v) is 20.6. The predicted octanol–water partition coefficient (Wildman–Crippen LogP) is 3.18. The van der Waals surface area contributed by atoms with Gasteiger partial charge in [0.2, 0.25) is 11.9 Å². The summed E-state index contributed by atoms with van der Waals surface area (Å²) in [5, 5.41) is 7.50. The fraction of sp³-hybridized carbons (Fsp3) is 0.462. The molecule has 0 unspecified atom stereocenters. The maximum absolute atomic E-state index is 11.5. The van der Waals surface area contributed by atoms with Crippen LogP contribution in [0, 0.1) is 0 Å². The van der Waals surface area contributed by atoms with Crippen LogP contribution in [0.1, 0.15) is 55.8 Å². The highest BCUT2D eigenvalue weighted by Crippen LogP contribution is 2.30. The first-order chi connectivity index (χ1) is 17.4. The van der Waals surface area contributed by atoms with Crippen molar-refractivity contribution in [2.24, 2.45) is 5.73 Å². The molecule has 3 atom stereocenters. The molecule has 0 spiro atoms. The van der Waals surface area contributed by atoms with Gasteiger partial charge in [-0.1, -0.05) is 25.0 Å². The van der Waals surface area contributed by atoms with E-state index in [0.29, 0.717) is 23.0 Å². The fourth-order valence-corrected chi connectivity index (χ4v) is 5.41. The van der Waals surface area contributed by atoms with Gasteiger partial charge in [-0.05, 0) is 44.7 Å². The molecule has 10 nitrogen and oxygen atoms in total. The van der Waals surface area contributed by atoms with Crippen LogP contribution in [0.2, 0.25) is 0 Å². The number of aromatic nitrogens is 3. The number of nitrogens with zero attached hydrogens (tertiary/aromatic N) is 4. The number of benzene rings is 1. The first-order valence-electron chi connectivity index (χ1n) is 12.6. The van der Waals surface area contributed by atoms with Crippen LogP contribution in [-0.2, 0) is 0 Å². The zero-order chi connectivity index (χ0) is 25.1. The van der Waals surface area contributed by atoms with Gasteiger partial charge >= 0.3 is 0 Å². The van der Waals surface area contributed by atoms with Gasteiger partial charge in [-0.15, -0.1) is 0 Å². The third-order valence-electron chi connectivity index (χ3n) is 7.18. The fourth-order valence-electron chi connectivity index (χ4n) is 5.41. The van der Waals surface area contributed by atoms with Crippen molar-refractivity contribution in [2.45, 2.75) is 63.1 Å². The summed E-state index contributed by atoms with van der Waals surface area (Å²) in [6.45, 7) is 4.06. The van der Waals surface area contributed by atoms with Crippen molar-refractivity contribution in [3.63, 3.8) is 0 Å². The Balaban J connectivity index is 1.26. The second-order valence-electron chi connectivity index (χ2n) is 10.2. The van der Waals surface area contributed by atoms with Gasteiger partial charge in [-0.3, -0.25) is 4.79 Å². The molecule has 36 heavy (non-hydrogen) atoms. The van der Waals surface area contributed by atoms with Crippen LogP contribution >= 0.6 is 0 Å².